The summed E-state index contributed by atoms with van der Waals surface area (Å²) in [5.41, 5.74) is 2.61. The molecule has 5 rings (SSSR count). The van der Waals surface area contributed by atoms with E-state index in [0.717, 1.165) is 41.7 Å². The van der Waals surface area contributed by atoms with Crippen molar-refractivity contribution in [3.63, 3.8) is 0 Å². The lowest BCUT2D eigenvalue weighted by Crippen LogP contribution is -2.38. The number of carbonyl (C=O) groups excluding carboxylic acids is 1. The molecular formula is C26H25F3N4O2. The zero-order chi connectivity index (χ0) is 24.6. The number of benzene rings is 2. The number of hydrogen-bond donors (Lipinski definition) is 2. The number of halogens is 3. The van der Waals surface area contributed by atoms with Gasteiger partial charge in [0.05, 0.1) is 11.7 Å². The number of aliphatic hydroxyl groups excluding tert-OH is 1. The highest BCUT2D eigenvalue weighted by Crippen LogP contribution is 2.44. The number of aromatic nitrogens is 2. The Morgan fingerprint density at radius 1 is 1.06 bits per heavy atom. The molecule has 1 atom stereocenters. The molecule has 2 heterocycles. The van der Waals surface area contributed by atoms with Gasteiger partial charge in [0.25, 0.3) is 5.91 Å². The van der Waals surface area contributed by atoms with Crippen molar-refractivity contribution in [3.05, 3.63) is 71.8 Å². The monoisotopic (exact) mass is 482 g/mol. The number of alkyl halides is 3. The first-order valence-corrected chi connectivity index (χ1v) is 11.6. The maximum absolute atomic E-state index is 13.6. The van der Waals surface area contributed by atoms with Crippen LogP contribution >= 0.6 is 0 Å². The lowest BCUT2D eigenvalue weighted by atomic mass is 9.96. The molecule has 0 bridgehead atoms. The molecule has 3 aromatic rings. The van der Waals surface area contributed by atoms with Gasteiger partial charge in [0.1, 0.15) is 6.33 Å². The SMILES string of the molecule is O=C(Nc1cc(N2CCC[C@H](O)C2)cc(C(F)(F)F)c1)c1ccc(C2CC2)c(-c2cncnc2)c1. The lowest BCUT2D eigenvalue weighted by molar-refractivity contribution is -0.137. The van der Waals surface area contributed by atoms with E-state index in [0.29, 0.717) is 36.6 Å². The Kier molecular flexibility index (Phi) is 6.19. The van der Waals surface area contributed by atoms with Gasteiger partial charge in [-0.25, -0.2) is 9.97 Å². The number of amides is 1. The maximum atomic E-state index is 13.6. The first kappa shape index (κ1) is 23.3. The molecule has 6 nitrogen and oxygen atoms in total. The average Bonchev–Trinajstić information content (AvgIpc) is 3.69. The lowest BCUT2D eigenvalue weighted by Gasteiger charge is -2.32. The zero-order valence-electron chi connectivity index (χ0n) is 18.9. The van der Waals surface area contributed by atoms with E-state index in [9.17, 15) is 23.1 Å². The molecule has 1 aromatic heterocycles. The number of hydrogen-bond acceptors (Lipinski definition) is 5. The van der Waals surface area contributed by atoms with Crippen LogP contribution in [0.4, 0.5) is 24.5 Å². The third kappa shape index (κ3) is 5.30. The van der Waals surface area contributed by atoms with Crippen LogP contribution in [0.1, 0.15) is 53.1 Å². The Morgan fingerprint density at radius 2 is 1.83 bits per heavy atom. The summed E-state index contributed by atoms with van der Waals surface area (Å²) in [6.07, 6.45) is 3.07. The van der Waals surface area contributed by atoms with E-state index >= 15 is 0 Å². The van der Waals surface area contributed by atoms with Crippen molar-refractivity contribution in [3.8, 4) is 11.1 Å². The Bertz CT molecular complexity index is 1230. The molecule has 1 saturated carbocycles. The normalized spacial score (nSPS) is 18.4. The summed E-state index contributed by atoms with van der Waals surface area (Å²) < 4.78 is 40.9. The average molecular weight is 483 g/mol. The van der Waals surface area contributed by atoms with Gasteiger partial charge >= 0.3 is 6.18 Å². The minimum absolute atomic E-state index is 0.0516. The van der Waals surface area contributed by atoms with Gasteiger partial charge in [0, 0.05) is 48.0 Å². The van der Waals surface area contributed by atoms with Crippen molar-refractivity contribution < 1.29 is 23.1 Å². The predicted octanol–water partition coefficient (Wildman–Crippen LogP) is 5.25. The number of aliphatic hydroxyl groups is 1. The predicted molar refractivity (Wildman–Crippen MR) is 126 cm³/mol. The molecular weight excluding hydrogens is 457 g/mol. The van der Waals surface area contributed by atoms with E-state index in [1.165, 1.54) is 12.4 Å². The van der Waals surface area contributed by atoms with E-state index in [4.69, 9.17) is 0 Å². The van der Waals surface area contributed by atoms with E-state index in [1.807, 2.05) is 6.07 Å². The van der Waals surface area contributed by atoms with Gasteiger partial charge in [-0.05, 0) is 73.1 Å². The zero-order valence-corrected chi connectivity index (χ0v) is 18.9. The van der Waals surface area contributed by atoms with Gasteiger partial charge in [-0.3, -0.25) is 4.79 Å². The second-order valence-electron chi connectivity index (χ2n) is 9.17. The Hall–Kier alpha value is -3.46. The molecule has 1 aliphatic carbocycles. The van der Waals surface area contributed by atoms with Crippen LogP contribution in [0.15, 0.2) is 55.1 Å². The van der Waals surface area contributed by atoms with Gasteiger partial charge in [-0.15, -0.1) is 0 Å². The van der Waals surface area contributed by atoms with Crippen molar-refractivity contribution in [2.24, 2.45) is 0 Å². The second kappa shape index (κ2) is 9.30. The van der Waals surface area contributed by atoms with Gasteiger partial charge in [-0.1, -0.05) is 6.07 Å². The van der Waals surface area contributed by atoms with Crippen molar-refractivity contribution in [1.82, 2.24) is 9.97 Å². The first-order valence-electron chi connectivity index (χ1n) is 11.6. The molecule has 1 saturated heterocycles. The minimum atomic E-state index is -4.57. The quantitative estimate of drug-likeness (QED) is 0.519. The number of carbonyl (C=O) groups is 1. The molecule has 2 fully saturated rings. The first-order chi connectivity index (χ1) is 16.8. The van der Waals surface area contributed by atoms with Crippen LogP contribution in [0.3, 0.4) is 0 Å². The highest BCUT2D eigenvalue weighted by molar-refractivity contribution is 6.05. The van der Waals surface area contributed by atoms with Gasteiger partial charge in [0.2, 0.25) is 0 Å². The smallest absolute Gasteiger partial charge is 0.391 e. The maximum Gasteiger partial charge on any atom is 0.416 e. The number of nitrogens with zero attached hydrogens (tertiary/aromatic N) is 3. The summed E-state index contributed by atoms with van der Waals surface area (Å²) in [5.74, 6) is -0.0809. The van der Waals surface area contributed by atoms with Crippen LogP contribution in [0.5, 0.6) is 0 Å². The Balaban J connectivity index is 1.46. The van der Waals surface area contributed by atoms with Crippen LogP contribution in [0.25, 0.3) is 11.1 Å². The largest absolute Gasteiger partial charge is 0.416 e. The number of piperidine rings is 1. The van der Waals surface area contributed by atoms with E-state index in [-0.39, 0.29) is 12.2 Å². The van der Waals surface area contributed by atoms with Crippen LogP contribution in [-0.2, 0) is 6.18 Å². The van der Waals surface area contributed by atoms with E-state index < -0.39 is 23.8 Å². The van der Waals surface area contributed by atoms with Gasteiger partial charge < -0.3 is 15.3 Å². The summed E-state index contributed by atoms with van der Waals surface area (Å²) in [6, 6.07) is 8.87. The molecule has 182 valence electrons. The van der Waals surface area contributed by atoms with Crippen molar-refractivity contribution in [2.75, 3.05) is 23.3 Å². The summed E-state index contributed by atoms with van der Waals surface area (Å²) in [4.78, 5) is 23.0. The van der Waals surface area contributed by atoms with Crippen molar-refractivity contribution in [2.45, 2.75) is 43.9 Å². The summed E-state index contributed by atoms with van der Waals surface area (Å²) in [7, 11) is 0. The van der Waals surface area contributed by atoms with E-state index in [2.05, 4.69) is 15.3 Å². The molecule has 0 radical (unpaired) electrons. The number of β-amino-alcohol motifs (C(OH)–C–C–N with tert-alkyl or cyclic N) is 1. The second-order valence-corrected chi connectivity index (χ2v) is 9.17. The molecule has 1 aliphatic heterocycles. The van der Waals surface area contributed by atoms with Crippen LogP contribution in [-0.4, -0.2) is 40.2 Å². The fraction of sp³-hybridized carbons (Fsp3) is 0.346. The highest BCUT2D eigenvalue weighted by atomic mass is 19.4. The van der Waals surface area contributed by atoms with Crippen LogP contribution in [0, 0.1) is 0 Å². The molecule has 9 heteroatoms. The topological polar surface area (TPSA) is 78.4 Å². The van der Waals surface area contributed by atoms with Gasteiger partial charge in [0.15, 0.2) is 0 Å². The summed E-state index contributed by atoms with van der Waals surface area (Å²) in [5, 5.41) is 12.6. The van der Waals surface area contributed by atoms with Gasteiger partial charge in [-0.2, -0.15) is 13.2 Å². The number of rotatable bonds is 5. The fourth-order valence-corrected chi connectivity index (χ4v) is 4.56. The number of anilines is 2. The number of nitrogens with one attached hydrogen (secondary N) is 1. The van der Waals surface area contributed by atoms with E-state index in [1.54, 1.807) is 29.4 Å². The van der Waals surface area contributed by atoms with Crippen molar-refractivity contribution in [1.29, 1.82) is 0 Å². The standard InChI is InChI=1S/C26H25F3N4O2/c27-26(28,29)19-9-20(11-21(10-19)33-7-1-2-22(34)14-33)32-25(35)17-5-6-23(16-3-4-16)24(8-17)18-12-30-15-31-13-18/h5-6,8-13,15-16,22,34H,1-4,7,14H2,(H,32,35)/t22-/m0/s1. The summed E-state index contributed by atoms with van der Waals surface area (Å²) in [6.45, 7) is 0.788. The Morgan fingerprint density at radius 3 is 2.51 bits per heavy atom. The third-order valence-corrected chi connectivity index (χ3v) is 6.47. The molecule has 35 heavy (non-hydrogen) atoms. The highest BCUT2D eigenvalue weighted by Gasteiger charge is 2.33. The molecule has 2 aliphatic rings. The Labute approximate surface area is 200 Å². The minimum Gasteiger partial charge on any atom is -0.391 e. The molecule has 2 aromatic carbocycles. The molecule has 1 amide bonds. The summed E-state index contributed by atoms with van der Waals surface area (Å²) >= 11 is 0. The van der Waals surface area contributed by atoms with Crippen LogP contribution < -0.4 is 10.2 Å². The molecule has 2 N–H and O–H groups in total. The molecule has 0 spiro atoms. The van der Waals surface area contributed by atoms with Crippen molar-refractivity contribution >= 4 is 17.3 Å². The molecule has 0 unspecified atom stereocenters. The van der Waals surface area contributed by atoms with Crippen LogP contribution in [0.2, 0.25) is 0 Å². The fourth-order valence-electron chi connectivity index (χ4n) is 4.56. The third-order valence-electron chi connectivity index (χ3n) is 6.47.